The molecule has 1 heterocycles. The van der Waals surface area contributed by atoms with Crippen molar-refractivity contribution in [2.75, 3.05) is 13.1 Å². The lowest BCUT2D eigenvalue weighted by Gasteiger charge is -2.30. The Kier molecular flexibility index (Phi) is 4.32. The highest BCUT2D eigenvalue weighted by Crippen LogP contribution is 2.20. The van der Waals surface area contributed by atoms with E-state index in [9.17, 15) is 18.4 Å². The van der Waals surface area contributed by atoms with E-state index in [2.05, 4.69) is 4.74 Å². The predicted octanol–water partition coefficient (Wildman–Crippen LogP) is 2.34. The lowest BCUT2D eigenvalue weighted by molar-refractivity contribution is -0.124. The van der Waals surface area contributed by atoms with Crippen molar-refractivity contribution in [2.45, 2.75) is 20.0 Å². The molecule has 0 bridgehead atoms. The van der Waals surface area contributed by atoms with Gasteiger partial charge in [0.25, 0.3) is 5.91 Å². The van der Waals surface area contributed by atoms with Crippen LogP contribution >= 0.6 is 0 Å². The van der Waals surface area contributed by atoms with Crippen LogP contribution in [0.2, 0.25) is 0 Å². The van der Waals surface area contributed by atoms with E-state index < -0.39 is 6.61 Å². The number of ketones is 1. The van der Waals surface area contributed by atoms with Gasteiger partial charge in [-0.05, 0) is 18.2 Å². The summed E-state index contributed by atoms with van der Waals surface area (Å²) in [4.78, 5) is 25.3. The van der Waals surface area contributed by atoms with E-state index in [0.717, 1.165) is 0 Å². The highest BCUT2D eigenvalue weighted by molar-refractivity contribution is 5.96. The number of likely N-dealkylation sites (tertiary alicyclic amines) is 1. The lowest BCUT2D eigenvalue weighted by Crippen LogP contribution is -2.43. The van der Waals surface area contributed by atoms with Gasteiger partial charge in [0.2, 0.25) is 0 Å². The maximum atomic E-state index is 12.3. The topological polar surface area (TPSA) is 46.6 Å². The Morgan fingerprint density at radius 1 is 1.45 bits per heavy atom. The average Bonchev–Trinajstić information content (AvgIpc) is 2.40. The summed E-state index contributed by atoms with van der Waals surface area (Å²) >= 11 is 0. The third kappa shape index (κ3) is 3.31. The molecule has 1 aliphatic rings. The number of amides is 1. The molecule has 1 aliphatic heterocycles. The zero-order valence-electron chi connectivity index (χ0n) is 11.0. The molecule has 1 aromatic carbocycles. The number of Topliss-reactive ketones (excluding diaryl/α,β-unsaturated/α-hetero) is 1. The van der Waals surface area contributed by atoms with Crippen LogP contribution in [0.3, 0.4) is 0 Å². The Morgan fingerprint density at radius 3 is 2.85 bits per heavy atom. The smallest absolute Gasteiger partial charge is 0.387 e. The highest BCUT2D eigenvalue weighted by atomic mass is 19.3. The number of carbonyl (C=O) groups excluding carboxylic acids is 2. The minimum atomic E-state index is -2.92. The van der Waals surface area contributed by atoms with E-state index >= 15 is 0 Å². The second kappa shape index (κ2) is 5.98. The van der Waals surface area contributed by atoms with Crippen molar-refractivity contribution in [1.29, 1.82) is 0 Å². The quantitative estimate of drug-likeness (QED) is 0.855. The minimum Gasteiger partial charge on any atom is -0.435 e. The van der Waals surface area contributed by atoms with Crippen LogP contribution in [-0.2, 0) is 4.79 Å². The number of rotatable bonds is 3. The molecule has 4 nitrogen and oxygen atoms in total. The zero-order valence-corrected chi connectivity index (χ0v) is 11.0. The number of ether oxygens (including phenoxy) is 1. The first-order valence-electron chi connectivity index (χ1n) is 6.34. The van der Waals surface area contributed by atoms with E-state index in [-0.39, 0.29) is 28.9 Å². The molecule has 0 saturated carbocycles. The number of carbonyl (C=O) groups is 2. The maximum Gasteiger partial charge on any atom is 0.387 e. The molecule has 1 amide bonds. The largest absolute Gasteiger partial charge is 0.435 e. The molecule has 6 heteroatoms. The molecule has 1 atom stereocenters. The van der Waals surface area contributed by atoms with E-state index in [4.69, 9.17) is 0 Å². The standard InChI is InChI=1S/C14H15F2NO3/c1-9-8-17(6-5-12(9)18)13(19)10-3-2-4-11(7-10)20-14(15)16/h2-4,7,9,14H,5-6,8H2,1H3. The summed E-state index contributed by atoms with van der Waals surface area (Å²) in [6.07, 6.45) is 0.333. The van der Waals surface area contributed by atoms with Gasteiger partial charge < -0.3 is 9.64 Å². The Balaban J connectivity index is 2.11. The van der Waals surface area contributed by atoms with Crippen molar-refractivity contribution >= 4 is 11.7 Å². The highest BCUT2D eigenvalue weighted by Gasteiger charge is 2.27. The molecule has 1 saturated heterocycles. The van der Waals surface area contributed by atoms with E-state index in [1.54, 1.807) is 17.9 Å². The van der Waals surface area contributed by atoms with Crippen LogP contribution in [0.15, 0.2) is 24.3 Å². The summed E-state index contributed by atoms with van der Waals surface area (Å²) in [6, 6.07) is 5.69. The predicted molar refractivity (Wildman–Crippen MR) is 67.8 cm³/mol. The van der Waals surface area contributed by atoms with Crippen LogP contribution in [0, 0.1) is 5.92 Å². The molecule has 0 aliphatic carbocycles. The number of hydrogen-bond acceptors (Lipinski definition) is 3. The molecule has 20 heavy (non-hydrogen) atoms. The fourth-order valence-electron chi connectivity index (χ4n) is 2.19. The average molecular weight is 283 g/mol. The van der Waals surface area contributed by atoms with Gasteiger partial charge >= 0.3 is 6.61 Å². The monoisotopic (exact) mass is 283 g/mol. The van der Waals surface area contributed by atoms with Crippen molar-refractivity contribution in [3.63, 3.8) is 0 Å². The first-order chi connectivity index (χ1) is 9.47. The SMILES string of the molecule is CC1CN(C(=O)c2cccc(OC(F)F)c2)CCC1=O. The molecule has 0 spiro atoms. The second-order valence-corrected chi connectivity index (χ2v) is 4.77. The van der Waals surface area contributed by atoms with Crippen molar-refractivity contribution < 1.29 is 23.1 Å². The molecule has 0 radical (unpaired) electrons. The van der Waals surface area contributed by atoms with E-state index in [1.165, 1.54) is 18.2 Å². The molecule has 1 unspecified atom stereocenters. The van der Waals surface area contributed by atoms with Gasteiger partial charge in [0, 0.05) is 31.0 Å². The fraction of sp³-hybridized carbons (Fsp3) is 0.429. The summed E-state index contributed by atoms with van der Waals surface area (Å²) in [5.74, 6) is -0.368. The summed E-state index contributed by atoms with van der Waals surface area (Å²) < 4.78 is 28.6. The molecule has 1 aromatic rings. The zero-order chi connectivity index (χ0) is 14.7. The molecular weight excluding hydrogens is 268 g/mol. The molecule has 0 N–H and O–H groups in total. The van der Waals surface area contributed by atoms with Crippen molar-refractivity contribution in [3.05, 3.63) is 29.8 Å². The molecular formula is C14H15F2NO3. The summed E-state index contributed by atoms with van der Waals surface area (Å²) in [6.45, 7) is -0.426. The molecule has 108 valence electrons. The van der Waals surface area contributed by atoms with Gasteiger partial charge in [-0.2, -0.15) is 8.78 Å². The summed E-state index contributed by atoms with van der Waals surface area (Å²) in [5.41, 5.74) is 0.282. The third-order valence-corrected chi connectivity index (χ3v) is 3.27. The minimum absolute atomic E-state index is 0.0491. The van der Waals surface area contributed by atoms with E-state index in [1.807, 2.05) is 0 Å². The Hall–Kier alpha value is -1.98. The normalized spacial score (nSPS) is 19.3. The van der Waals surface area contributed by atoms with Crippen molar-refractivity contribution in [3.8, 4) is 5.75 Å². The van der Waals surface area contributed by atoms with Gasteiger partial charge in [-0.25, -0.2) is 0 Å². The van der Waals surface area contributed by atoms with Crippen LogP contribution in [0.25, 0.3) is 0 Å². The van der Waals surface area contributed by atoms with Gasteiger partial charge in [-0.15, -0.1) is 0 Å². The third-order valence-electron chi connectivity index (χ3n) is 3.27. The van der Waals surface area contributed by atoms with Gasteiger partial charge in [0.1, 0.15) is 11.5 Å². The van der Waals surface area contributed by atoms with Gasteiger partial charge in [0.15, 0.2) is 0 Å². The number of alkyl halides is 2. The number of hydrogen-bond donors (Lipinski definition) is 0. The second-order valence-electron chi connectivity index (χ2n) is 4.77. The van der Waals surface area contributed by atoms with Crippen LogP contribution in [0.5, 0.6) is 5.75 Å². The van der Waals surface area contributed by atoms with Crippen LogP contribution < -0.4 is 4.74 Å². The van der Waals surface area contributed by atoms with Crippen molar-refractivity contribution in [2.24, 2.45) is 5.92 Å². The first kappa shape index (κ1) is 14.4. The number of piperidine rings is 1. The lowest BCUT2D eigenvalue weighted by atomic mass is 9.98. The number of nitrogens with zero attached hydrogens (tertiary/aromatic N) is 1. The number of benzene rings is 1. The fourth-order valence-corrected chi connectivity index (χ4v) is 2.19. The Morgan fingerprint density at radius 2 is 2.20 bits per heavy atom. The van der Waals surface area contributed by atoms with Crippen LogP contribution in [-0.4, -0.2) is 36.3 Å². The maximum absolute atomic E-state index is 12.3. The van der Waals surface area contributed by atoms with Crippen LogP contribution in [0.1, 0.15) is 23.7 Å². The van der Waals surface area contributed by atoms with Crippen molar-refractivity contribution in [1.82, 2.24) is 4.90 Å². The number of halogens is 2. The summed E-state index contributed by atoms with van der Waals surface area (Å²) in [7, 11) is 0. The Labute approximate surface area is 115 Å². The van der Waals surface area contributed by atoms with Gasteiger partial charge in [-0.1, -0.05) is 13.0 Å². The Bertz CT molecular complexity index is 519. The van der Waals surface area contributed by atoms with Crippen LogP contribution in [0.4, 0.5) is 8.78 Å². The first-order valence-corrected chi connectivity index (χ1v) is 6.34. The molecule has 1 fully saturated rings. The van der Waals surface area contributed by atoms with Gasteiger partial charge in [0.05, 0.1) is 0 Å². The molecule has 2 rings (SSSR count). The summed E-state index contributed by atoms with van der Waals surface area (Å²) in [5, 5.41) is 0. The van der Waals surface area contributed by atoms with E-state index in [0.29, 0.717) is 19.5 Å². The van der Waals surface area contributed by atoms with Gasteiger partial charge in [-0.3, -0.25) is 9.59 Å². The molecule has 0 aromatic heterocycles.